The molecule has 27 heavy (non-hydrogen) atoms. The van der Waals surface area contributed by atoms with Crippen molar-refractivity contribution in [3.8, 4) is 0 Å². The van der Waals surface area contributed by atoms with Crippen LogP contribution in [0.3, 0.4) is 0 Å². The minimum Gasteiger partial charge on any atom is -0.374 e. The van der Waals surface area contributed by atoms with E-state index in [1.165, 1.54) is 0 Å². The van der Waals surface area contributed by atoms with Gasteiger partial charge in [0.15, 0.2) is 0 Å². The lowest BCUT2D eigenvalue weighted by Crippen LogP contribution is -2.41. The molecular formula is C19H22N6O2. The first-order valence-corrected chi connectivity index (χ1v) is 9.17. The molecule has 140 valence electrons. The third-order valence-corrected chi connectivity index (χ3v) is 4.90. The van der Waals surface area contributed by atoms with Crippen LogP contribution in [0.1, 0.15) is 23.2 Å². The van der Waals surface area contributed by atoms with Crippen LogP contribution in [-0.4, -0.2) is 48.0 Å². The van der Waals surface area contributed by atoms with E-state index in [-0.39, 0.29) is 18.4 Å². The van der Waals surface area contributed by atoms with E-state index in [0.29, 0.717) is 23.7 Å². The molecule has 2 aromatic rings. The van der Waals surface area contributed by atoms with Gasteiger partial charge in [-0.15, -0.1) is 0 Å². The number of nitrogens with one attached hydrogen (secondary N) is 3. The molecule has 2 amide bonds. The Balaban J connectivity index is 1.35. The normalized spacial score (nSPS) is 18.9. The van der Waals surface area contributed by atoms with E-state index in [1.54, 1.807) is 24.5 Å². The van der Waals surface area contributed by atoms with Gasteiger partial charge in [-0.2, -0.15) is 0 Å². The molecule has 3 heterocycles. The molecule has 1 atom stereocenters. The van der Waals surface area contributed by atoms with Crippen molar-refractivity contribution in [1.29, 1.82) is 0 Å². The van der Waals surface area contributed by atoms with Gasteiger partial charge in [-0.05, 0) is 43.0 Å². The first-order valence-electron chi connectivity index (χ1n) is 9.17. The maximum absolute atomic E-state index is 12.5. The number of carbonyl (C=O) groups is 2. The van der Waals surface area contributed by atoms with E-state index in [4.69, 9.17) is 0 Å². The van der Waals surface area contributed by atoms with E-state index in [2.05, 4.69) is 30.8 Å². The number of piperidine rings is 1. The van der Waals surface area contributed by atoms with Crippen LogP contribution in [0.4, 0.5) is 17.3 Å². The predicted molar refractivity (Wildman–Crippen MR) is 103 cm³/mol. The summed E-state index contributed by atoms with van der Waals surface area (Å²) in [5, 5.41) is 8.82. The van der Waals surface area contributed by atoms with E-state index < -0.39 is 0 Å². The lowest BCUT2D eigenvalue weighted by atomic mass is 9.98. The molecule has 3 N–H and O–H groups in total. The fourth-order valence-corrected chi connectivity index (χ4v) is 3.52. The zero-order chi connectivity index (χ0) is 18.6. The van der Waals surface area contributed by atoms with Crippen LogP contribution in [0.25, 0.3) is 0 Å². The molecule has 0 radical (unpaired) electrons. The van der Waals surface area contributed by atoms with Gasteiger partial charge in [0.25, 0.3) is 5.91 Å². The van der Waals surface area contributed by atoms with E-state index in [1.807, 2.05) is 12.1 Å². The van der Waals surface area contributed by atoms with Gasteiger partial charge < -0.3 is 20.9 Å². The lowest BCUT2D eigenvalue weighted by Gasteiger charge is -2.32. The molecular weight excluding hydrogens is 344 g/mol. The van der Waals surface area contributed by atoms with Crippen LogP contribution in [0.2, 0.25) is 0 Å². The number of amides is 2. The molecule has 0 unspecified atom stereocenters. The smallest absolute Gasteiger partial charge is 0.251 e. The summed E-state index contributed by atoms with van der Waals surface area (Å²) in [7, 11) is 0. The molecule has 0 bridgehead atoms. The second-order valence-corrected chi connectivity index (χ2v) is 6.88. The monoisotopic (exact) mass is 366 g/mol. The highest BCUT2D eigenvalue weighted by atomic mass is 16.2. The van der Waals surface area contributed by atoms with Gasteiger partial charge >= 0.3 is 0 Å². The Morgan fingerprint density at radius 2 is 2.11 bits per heavy atom. The van der Waals surface area contributed by atoms with Crippen LogP contribution in [-0.2, 0) is 4.79 Å². The second-order valence-electron chi connectivity index (χ2n) is 6.88. The van der Waals surface area contributed by atoms with E-state index in [9.17, 15) is 9.59 Å². The Labute approximate surface area is 157 Å². The largest absolute Gasteiger partial charge is 0.374 e. The number of fused-ring (bicyclic) bond motifs is 1. The summed E-state index contributed by atoms with van der Waals surface area (Å²) in [5.41, 5.74) is 2.01. The summed E-state index contributed by atoms with van der Waals surface area (Å²) in [5.74, 6) is 0.855. The molecule has 1 saturated heterocycles. The summed E-state index contributed by atoms with van der Waals surface area (Å²) in [6.45, 7) is 2.62. The van der Waals surface area contributed by atoms with Gasteiger partial charge in [0.05, 0.1) is 17.9 Å². The number of rotatable bonds is 4. The van der Waals surface area contributed by atoms with Crippen molar-refractivity contribution in [3.63, 3.8) is 0 Å². The van der Waals surface area contributed by atoms with Crippen LogP contribution >= 0.6 is 0 Å². The van der Waals surface area contributed by atoms with Crippen molar-refractivity contribution < 1.29 is 9.59 Å². The van der Waals surface area contributed by atoms with Gasteiger partial charge in [0.1, 0.15) is 0 Å². The number of hydrogen-bond acceptors (Lipinski definition) is 6. The predicted octanol–water partition coefficient (Wildman–Crippen LogP) is 1.49. The average molecular weight is 366 g/mol. The van der Waals surface area contributed by atoms with Gasteiger partial charge in [-0.3, -0.25) is 9.59 Å². The maximum Gasteiger partial charge on any atom is 0.251 e. The zero-order valence-electron chi connectivity index (χ0n) is 14.9. The molecule has 1 aromatic heterocycles. The first kappa shape index (κ1) is 17.3. The summed E-state index contributed by atoms with van der Waals surface area (Å²) >= 11 is 0. The van der Waals surface area contributed by atoms with Gasteiger partial charge in [-0.25, -0.2) is 9.97 Å². The van der Waals surface area contributed by atoms with Crippen molar-refractivity contribution in [2.24, 2.45) is 5.92 Å². The lowest BCUT2D eigenvalue weighted by molar-refractivity contribution is -0.114. The minimum absolute atomic E-state index is 0.106. The fourth-order valence-electron chi connectivity index (χ4n) is 3.52. The molecule has 1 fully saturated rings. The van der Waals surface area contributed by atoms with Crippen molar-refractivity contribution in [2.45, 2.75) is 12.8 Å². The standard InChI is InChI=1S/C19H22N6O2/c26-17-11-22-15-5-4-14(9-16(15)24-17)18(27)23-10-13-3-1-8-25(12-13)19-20-6-2-7-21-19/h2,4-7,9,13,22H,1,3,8,10-12H2,(H,23,27)(H,24,26)/t13-/m1/s1. The van der Waals surface area contributed by atoms with Crippen molar-refractivity contribution in [1.82, 2.24) is 15.3 Å². The third-order valence-electron chi connectivity index (χ3n) is 4.90. The zero-order valence-corrected chi connectivity index (χ0v) is 14.9. The number of carbonyl (C=O) groups excluding carboxylic acids is 2. The van der Waals surface area contributed by atoms with Crippen LogP contribution in [0.15, 0.2) is 36.7 Å². The molecule has 0 aliphatic carbocycles. The highest BCUT2D eigenvalue weighted by molar-refractivity contribution is 6.03. The summed E-state index contributed by atoms with van der Waals surface area (Å²) in [6.07, 6.45) is 5.61. The Hall–Kier alpha value is -3.16. The van der Waals surface area contributed by atoms with Crippen molar-refractivity contribution in [2.75, 3.05) is 41.7 Å². The Morgan fingerprint density at radius 1 is 1.26 bits per heavy atom. The Kier molecular flexibility index (Phi) is 4.86. The third kappa shape index (κ3) is 3.99. The summed E-state index contributed by atoms with van der Waals surface area (Å²) in [6, 6.07) is 7.10. The van der Waals surface area contributed by atoms with E-state index in [0.717, 1.165) is 37.6 Å². The van der Waals surface area contributed by atoms with Gasteiger partial charge in [-0.1, -0.05) is 0 Å². The van der Waals surface area contributed by atoms with Crippen molar-refractivity contribution >= 4 is 29.1 Å². The fraction of sp³-hybridized carbons (Fsp3) is 0.368. The van der Waals surface area contributed by atoms with E-state index >= 15 is 0 Å². The quantitative estimate of drug-likeness (QED) is 0.758. The molecule has 0 saturated carbocycles. The van der Waals surface area contributed by atoms with Gasteiger partial charge in [0, 0.05) is 37.6 Å². The molecule has 0 spiro atoms. The SMILES string of the molecule is O=C1CNc2ccc(C(=O)NC[C@H]3CCCN(c4ncccn4)C3)cc2N1. The van der Waals surface area contributed by atoms with Crippen molar-refractivity contribution in [3.05, 3.63) is 42.2 Å². The Morgan fingerprint density at radius 3 is 2.96 bits per heavy atom. The molecule has 1 aromatic carbocycles. The average Bonchev–Trinajstić information content (AvgIpc) is 2.72. The van der Waals surface area contributed by atoms with Crippen LogP contribution in [0.5, 0.6) is 0 Å². The van der Waals surface area contributed by atoms with Gasteiger partial charge in [0.2, 0.25) is 11.9 Å². The summed E-state index contributed by atoms with van der Waals surface area (Å²) < 4.78 is 0. The molecule has 2 aliphatic heterocycles. The topological polar surface area (TPSA) is 99.3 Å². The minimum atomic E-state index is -0.134. The number of benzene rings is 1. The number of hydrogen-bond donors (Lipinski definition) is 3. The van der Waals surface area contributed by atoms with Crippen LogP contribution < -0.4 is 20.9 Å². The number of anilines is 3. The second kappa shape index (κ2) is 7.61. The molecule has 8 heteroatoms. The maximum atomic E-state index is 12.5. The molecule has 2 aliphatic rings. The summed E-state index contributed by atoms with van der Waals surface area (Å²) in [4.78, 5) is 34.8. The Bertz CT molecular complexity index is 841. The highest BCUT2D eigenvalue weighted by Gasteiger charge is 2.22. The molecule has 8 nitrogen and oxygen atoms in total. The number of aromatic nitrogens is 2. The first-order chi connectivity index (χ1) is 13.2. The van der Waals surface area contributed by atoms with Crippen LogP contribution in [0, 0.1) is 5.92 Å². The molecule has 4 rings (SSSR count). The number of nitrogens with zero attached hydrogens (tertiary/aromatic N) is 3. The highest BCUT2D eigenvalue weighted by Crippen LogP contribution is 2.26.